The summed E-state index contributed by atoms with van der Waals surface area (Å²) in [5.74, 6) is 1.04. The normalized spacial score (nSPS) is 15.4. The molecule has 0 saturated heterocycles. The lowest BCUT2D eigenvalue weighted by atomic mass is 10.0. The molecule has 0 saturated carbocycles. The van der Waals surface area contributed by atoms with Crippen LogP contribution in [0.5, 0.6) is 5.75 Å². The summed E-state index contributed by atoms with van der Waals surface area (Å²) in [6.45, 7) is 2.46. The van der Waals surface area contributed by atoms with Crippen molar-refractivity contribution in [3.8, 4) is 5.75 Å². The summed E-state index contributed by atoms with van der Waals surface area (Å²) < 4.78 is 22.3. The standard InChI is InChI=1S/C24H19ClFN3O/c1-2-30-23-12-11-15(13-17(23)25)20-14-22(16-7-3-4-8-18(16)26)29-21-10-6-5-9-19(21)27-24(29)28-20/h3-14,22H,2H2,1H3,(H,27,28)/t22-/m1/s1. The Labute approximate surface area is 178 Å². The Morgan fingerprint density at radius 2 is 1.90 bits per heavy atom. The Morgan fingerprint density at radius 1 is 1.10 bits per heavy atom. The Bertz CT molecular complexity index is 1280. The first-order valence-electron chi connectivity index (χ1n) is 9.78. The maximum Gasteiger partial charge on any atom is 0.209 e. The molecule has 3 aromatic carbocycles. The molecule has 150 valence electrons. The van der Waals surface area contributed by atoms with Crippen LogP contribution in [0.2, 0.25) is 5.02 Å². The SMILES string of the molecule is CCOc1ccc(C2=C[C@H](c3ccccc3F)n3c(nc4ccccc43)N2)cc1Cl. The molecule has 0 radical (unpaired) electrons. The van der Waals surface area contributed by atoms with Crippen molar-refractivity contribution < 1.29 is 9.13 Å². The first-order valence-corrected chi connectivity index (χ1v) is 10.2. The summed E-state index contributed by atoms with van der Waals surface area (Å²) in [5.41, 5.74) is 4.06. The highest BCUT2D eigenvalue weighted by Gasteiger charge is 2.27. The summed E-state index contributed by atoms with van der Waals surface area (Å²) in [7, 11) is 0. The van der Waals surface area contributed by atoms with Crippen LogP contribution in [0.4, 0.5) is 10.3 Å². The van der Waals surface area contributed by atoms with E-state index < -0.39 is 0 Å². The quantitative estimate of drug-likeness (QED) is 0.423. The smallest absolute Gasteiger partial charge is 0.209 e. The van der Waals surface area contributed by atoms with E-state index in [2.05, 4.69) is 5.32 Å². The lowest BCUT2D eigenvalue weighted by Crippen LogP contribution is -2.20. The van der Waals surface area contributed by atoms with Crippen LogP contribution in [0, 0.1) is 5.82 Å². The van der Waals surface area contributed by atoms with Gasteiger partial charge in [0.15, 0.2) is 0 Å². The predicted molar refractivity (Wildman–Crippen MR) is 118 cm³/mol. The van der Waals surface area contributed by atoms with Crippen molar-refractivity contribution in [1.82, 2.24) is 9.55 Å². The van der Waals surface area contributed by atoms with Gasteiger partial charge in [-0.2, -0.15) is 0 Å². The van der Waals surface area contributed by atoms with Crippen molar-refractivity contribution >= 4 is 34.3 Å². The van der Waals surface area contributed by atoms with Gasteiger partial charge in [0.05, 0.1) is 28.7 Å². The molecule has 0 amide bonds. The van der Waals surface area contributed by atoms with Crippen molar-refractivity contribution in [3.05, 3.63) is 94.8 Å². The fourth-order valence-electron chi connectivity index (χ4n) is 3.86. The van der Waals surface area contributed by atoms with Crippen molar-refractivity contribution in [3.63, 3.8) is 0 Å². The number of aromatic nitrogens is 2. The number of hydrogen-bond donors (Lipinski definition) is 1. The molecule has 30 heavy (non-hydrogen) atoms. The Kier molecular flexibility index (Phi) is 4.68. The predicted octanol–water partition coefficient (Wildman–Crippen LogP) is 6.28. The van der Waals surface area contributed by atoms with Crippen LogP contribution in [-0.4, -0.2) is 16.2 Å². The van der Waals surface area contributed by atoms with Crippen LogP contribution in [0.3, 0.4) is 0 Å². The molecule has 1 aromatic heterocycles. The van der Waals surface area contributed by atoms with Crippen LogP contribution in [0.15, 0.2) is 72.8 Å². The number of hydrogen-bond acceptors (Lipinski definition) is 3. The number of rotatable bonds is 4. The zero-order valence-electron chi connectivity index (χ0n) is 16.3. The molecule has 6 heteroatoms. The summed E-state index contributed by atoms with van der Waals surface area (Å²) in [6.07, 6.45) is 2.01. The summed E-state index contributed by atoms with van der Waals surface area (Å²) >= 11 is 6.41. The number of benzene rings is 3. The molecule has 4 nitrogen and oxygen atoms in total. The van der Waals surface area contributed by atoms with E-state index in [1.54, 1.807) is 6.07 Å². The van der Waals surface area contributed by atoms with E-state index in [0.717, 1.165) is 22.3 Å². The van der Waals surface area contributed by atoms with Crippen LogP contribution < -0.4 is 10.1 Å². The average molecular weight is 420 g/mol. The van der Waals surface area contributed by atoms with Gasteiger partial charge in [-0.1, -0.05) is 41.9 Å². The number of para-hydroxylation sites is 2. The molecule has 2 heterocycles. The minimum atomic E-state index is -0.352. The molecule has 1 aliphatic heterocycles. The van der Waals surface area contributed by atoms with Gasteiger partial charge >= 0.3 is 0 Å². The summed E-state index contributed by atoms with van der Waals surface area (Å²) in [4.78, 5) is 4.73. The van der Waals surface area contributed by atoms with E-state index in [1.807, 2.05) is 72.2 Å². The average Bonchev–Trinajstić information content (AvgIpc) is 3.14. The van der Waals surface area contributed by atoms with Crippen LogP contribution >= 0.6 is 11.6 Å². The molecule has 0 bridgehead atoms. The molecule has 4 aromatic rings. The maximum absolute atomic E-state index is 14.8. The molecular weight excluding hydrogens is 401 g/mol. The lowest BCUT2D eigenvalue weighted by Gasteiger charge is -2.27. The van der Waals surface area contributed by atoms with Gasteiger partial charge in [-0.25, -0.2) is 9.37 Å². The summed E-state index contributed by atoms with van der Waals surface area (Å²) in [5, 5.41) is 3.92. The number of allylic oxidation sites excluding steroid dienone is 1. The van der Waals surface area contributed by atoms with E-state index in [-0.39, 0.29) is 11.9 Å². The van der Waals surface area contributed by atoms with Crippen molar-refractivity contribution in [1.29, 1.82) is 0 Å². The zero-order chi connectivity index (χ0) is 20.7. The van der Waals surface area contributed by atoms with E-state index in [0.29, 0.717) is 28.9 Å². The molecule has 1 aliphatic rings. The highest BCUT2D eigenvalue weighted by atomic mass is 35.5. The van der Waals surface area contributed by atoms with Gasteiger partial charge in [-0.05, 0) is 55.0 Å². The molecule has 1 atom stereocenters. The van der Waals surface area contributed by atoms with E-state index in [4.69, 9.17) is 21.3 Å². The van der Waals surface area contributed by atoms with E-state index >= 15 is 0 Å². The second kappa shape index (κ2) is 7.50. The minimum absolute atomic E-state index is 0.256. The van der Waals surface area contributed by atoms with Crippen LogP contribution in [0.25, 0.3) is 16.7 Å². The van der Waals surface area contributed by atoms with Gasteiger partial charge in [0.2, 0.25) is 5.95 Å². The van der Waals surface area contributed by atoms with Crippen molar-refractivity contribution in [2.75, 3.05) is 11.9 Å². The third kappa shape index (κ3) is 3.12. The maximum atomic E-state index is 14.8. The van der Waals surface area contributed by atoms with Crippen LogP contribution in [0.1, 0.15) is 24.1 Å². The van der Waals surface area contributed by atoms with Gasteiger partial charge in [0.25, 0.3) is 0 Å². The number of imidazole rings is 1. The number of ether oxygens (including phenoxy) is 1. The second-order valence-corrected chi connectivity index (χ2v) is 7.45. The molecule has 5 rings (SSSR count). The Hall–Kier alpha value is -3.31. The van der Waals surface area contributed by atoms with Crippen LogP contribution in [-0.2, 0) is 0 Å². The van der Waals surface area contributed by atoms with E-state index in [1.165, 1.54) is 6.07 Å². The summed E-state index contributed by atoms with van der Waals surface area (Å²) in [6, 6.07) is 20.0. The fraction of sp³-hybridized carbons (Fsp3) is 0.125. The van der Waals surface area contributed by atoms with Gasteiger partial charge in [0, 0.05) is 11.3 Å². The molecule has 0 fully saturated rings. The van der Waals surface area contributed by atoms with Gasteiger partial charge in [-0.15, -0.1) is 0 Å². The molecule has 1 N–H and O–H groups in total. The number of halogens is 2. The number of fused-ring (bicyclic) bond motifs is 3. The molecule has 0 spiro atoms. The van der Waals surface area contributed by atoms with Gasteiger partial charge in [-0.3, -0.25) is 4.57 Å². The third-order valence-electron chi connectivity index (χ3n) is 5.21. The lowest BCUT2D eigenvalue weighted by molar-refractivity contribution is 0.340. The highest BCUT2D eigenvalue weighted by Crippen LogP contribution is 2.38. The topological polar surface area (TPSA) is 39.1 Å². The largest absolute Gasteiger partial charge is 0.492 e. The number of nitrogens with one attached hydrogen (secondary N) is 1. The van der Waals surface area contributed by atoms with E-state index in [9.17, 15) is 4.39 Å². The number of nitrogens with zero attached hydrogens (tertiary/aromatic N) is 2. The molecule has 0 aliphatic carbocycles. The minimum Gasteiger partial charge on any atom is -0.492 e. The Morgan fingerprint density at radius 3 is 2.70 bits per heavy atom. The second-order valence-electron chi connectivity index (χ2n) is 7.04. The Balaban J connectivity index is 1.68. The highest BCUT2D eigenvalue weighted by molar-refractivity contribution is 6.32. The van der Waals surface area contributed by atoms with Gasteiger partial charge < -0.3 is 10.1 Å². The first kappa shape index (κ1) is 18.7. The van der Waals surface area contributed by atoms with Gasteiger partial charge in [0.1, 0.15) is 11.6 Å². The molecular formula is C24H19ClFN3O. The molecule has 0 unspecified atom stereocenters. The third-order valence-corrected chi connectivity index (χ3v) is 5.51. The fourth-order valence-corrected chi connectivity index (χ4v) is 4.10. The zero-order valence-corrected chi connectivity index (χ0v) is 17.0. The monoisotopic (exact) mass is 419 g/mol. The number of anilines is 1. The van der Waals surface area contributed by atoms with Crippen molar-refractivity contribution in [2.24, 2.45) is 0 Å². The van der Waals surface area contributed by atoms with Crippen molar-refractivity contribution in [2.45, 2.75) is 13.0 Å². The first-order chi connectivity index (χ1) is 14.7.